The standard InChI is InChI=1S/C17H21N3O2/c21-16-13-4-1-2-5-14(13)18-17(19-16)20-9-7-12(8-10-20)15-6-3-11-22-15/h1-2,4-5,12,15H,3,6-11H2,(H,18,19,21). The molecule has 22 heavy (non-hydrogen) atoms. The molecule has 1 unspecified atom stereocenters. The molecule has 0 bridgehead atoms. The van der Waals surface area contributed by atoms with Crippen LogP contribution in [0.3, 0.4) is 0 Å². The van der Waals surface area contributed by atoms with Crippen molar-refractivity contribution < 1.29 is 4.74 Å². The third-order valence-corrected chi connectivity index (χ3v) is 4.93. The number of anilines is 1. The summed E-state index contributed by atoms with van der Waals surface area (Å²) < 4.78 is 5.82. The summed E-state index contributed by atoms with van der Waals surface area (Å²) in [5, 5.41) is 0.653. The van der Waals surface area contributed by atoms with Gasteiger partial charge in [-0.2, -0.15) is 0 Å². The summed E-state index contributed by atoms with van der Waals surface area (Å²) in [6.07, 6.45) is 5.08. The summed E-state index contributed by atoms with van der Waals surface area (Å²) in [6, 6.07) is 7.50. The third-order valence-electron chi connectivity index (χ3n) is 4.93. The quantitative estimate of drug-likeness (QED) is 0.924. The minimum Gasteiger partial charge on any atom is -0.378 e. The molecule has 2 aliphatic rings. The number of hydrogen-bond donors (Lipinski definition) is 1. The average Bonchev–Trinajstić information content (AvgIpc) is 3.09. The van der Waals surface area contributed by atoms with E-state index < -0.39 is 0 Å². The Balaban J connectivity index is 1.52. The van der Waals surface area contributed by atoms with Crippen LogP contribution in [0.1, 0.15) is 25.7 Å². The van der Waals surface area contributed by atoms with Crippen LogP contribution in [0.5, 0.6) is 0 Å². The summed E-state index contributed by atoms with van der Waals surface area (Å²) in [5.41, 5.74) is 0.712. The first kappa shape index (κ1) is 13.8. The van der Waals surface area contributed by atoms with Gasteiger partial charge in [-0.1, -0.05) is 12.1 Å². The van der Waals surface area contributed by atoms with E-state index in [9.17, 15) is 4.79 Å². The van der Waals surface area contributed by atoms with Gasteiger partial charge in [0.25, 0.3) is 5.56 Å². The highest BCUT2D eigenvalue weighted by Gasteiger charge is 2.30. The second-order valence-electron chi connectivity index (χ2n) is 6.28. The van der Waals surface area contributed by atoms with Crippen LogP contribution in [-0.4, -0.2) is 35.8 Å². The van der Waals surface area contributed by atoms with E-state index >= 15 is 0 Å². The first-order valence-corrected chi connectivity index (χ1v) is 8.17. The van der Waals surface area contributed by atoms with Crippen molar-refractivity contribution in [1.82, 2.24) is 9.97 Å². The summed E-state index contributed by atoms with van der Waals surface area (Å²) in [5.74, 6) is 1.36. The predicted octanol–water partition coefficient (Wildman–Crippen LogP) is 2.32. The van der Waals surface area contributed by atoms with Crippen LogP contribution in [0.2, 0.25) is 0 Å². The van der Waals surface area contributed by atoms with Gasteiger partial charge in [-0.05, 0) is 43.7 Å². The maximum Gasteiger partial charge on any atom is 0.260 e. The Morgan fingerprint density at radius 2 is 2.00 bits per heavy atom. The molecular formula is C17H21N3O2. The number of hydrogen-bond acceptors (Lipinski definition) is 4. The average molecular weight is 299 g/mol. The third kappa shape index (κ3) is 2.50. The number of nitrogens with one attached hydrogen (secondary N) is 1. The molecule has 1 aromatic carbocycles. The van der Waals surface area contributed by atoms with E-state index in [0.29, 0.717) is 23.4 Å². The molecule has 1 aromatic heterocycles. The number of ether oxygens (including phenoxy) is 1. The number of fused-ring (bicyclic) bond motifs is 1. The van der Waals surface area contributed by atoms with Gasteiger partial charge < -0.3 is 9.64 Å². The Hall–Kier alpha value is -1.88. The fourth-order valence-corrected chi connectivity index (χ4v) is 3.68. The highest BCUT2D eigenvalue weighted by Crippen LogP contribution is 2.29. The van der Waals surface area contributed by atoms with Gasteiger partial charge in [0, 0.05) is 19.7 Å². The Morgan fingerprint density at radius 3 is 2.77 bits per heavy atom. The molecule has 5 heteroatoms. The molecule has 0 saturated carbocycles. The van der Waals surface area contributed by atoms with E-state index in [1.807, 2.05) is 24.3 Å². The molecule has 1 atom stereocenters. The minimum atomic E-state index is -0.0538. The second-order valence-corrected chi connectivity index (χ2v) is 6.28. The maximum atomic E-state index is 12.2. The molecule has 2 aromatic rings. The van der Waals surface area contributed by atoms with Crippen molar-refractivity contribution in [2.75, 3.05) is 24.6 Å². The van der Waals surface area contributed by atoms with Gasteiger partial charge in [0.2, 0.25) is 5.95 Å². The molecule has 0 radical (unpaired) electrons. The summed E-state index contributed by atoms with van der Waals surface area (Å²) in [4.78, 5) is 21.9. The van der Waals surface area contributed by atoms with Gasteiger partial charge in [-0.15, -0.1) is 0 Å². The Bertz CT molecular complexity index is 713. The smallest absolute Gasteiger partial charge is 0.260 e. The number of aromatic nitrogens is 2. The zero-order chi connectivity index (χ0) is 14.9. The summed E-state index contributed by atoms with van der Waals surface area (Å²) in [6.45, 7) is 2.79. The fraction of sp³-hybridized carbons (Fsp3) is 0.529. The zero-order valence-electron chi connectivity index (χ0n) is 12.6. The van der Waals surface area contributed by atoms with Crippen LogP contribution in [-0.2, 0) is 4.74 Å². The van der Waals surface area contributed by atoms with Gasteiger partial charge in [0.1, 0.15) is 0 Å². The zero-order valence-corrected chi connectivity index (χ0v) is 12.6. The van der Waals surface area contributed by atoms with E-state index in [0.717, 1.165) is 38.1 Å². The number of para-hydroxylation sites is 1. The number of rotatable bonds is 2. The SMILES string of the molecule is O=c1[nH]c(N2CCC(C3CCCO3)CC2)nc2ccccc12. The lowest BCUT2D eigenvalue weighted by atomic mass is 9.90. The van der Waals surface area contributed by atoms with Crippen LogP contribution >= 0.6 is 0 Å². The van der Waals surface area contributed by atoms with Crippen molar-refractivity contribution in [3.05, 3.63) is 34.6 Å². The largest absolute Gasteiger partial charge is 0.378 e. The molecular weight excluding hydrogens is 278 g/mol. The Morgan fingerprint density at radius 1 is 1.18 bits per heavy atom. The molecule has 0 amide bonds. The van der Waals surface area contributed by atoms with Crippen molar-refractivity contribution in [2.24, 2.45) is 5.92 Å². The van der Waals surface area contributed by atoms with E-state index in [1.54, 1.807) is 0 Å². The van der Waals surface area contributed by atoms with Crippen LogP contribution in [0.4, 0.5) is 5.95 Å². The first-order valence-electron chi connectivity index (χ1n) is 8.17. The first-order chi connectivity index (χ1) is 10.8. The van der Waals surface area contributed by atoms with Crippen LogP contribution < -0.4 is 10.5 Å². The molecule has 1 N–H and O–H groups in total. The highest BCUT2D eigenvalue weighted by molar-refractivity contribution is 5.78. The van der Waals surface area contributed by atoms with Crippen LogP contribution in [0.25, 0.3) is 10.9 Å². The Kier molecular flexibility index (Phi) is 3.58. The van der Waals surface area contributed by atoms with E-state index in [-0.39, 0.29) is 5.56 Å². The lowest BCUT2D eigenvalue weighted by Crippen LogP contribution is -2.39. The molecule has 2 saturated heterocycles. The van der Waals surface area contributed by atoms with Crippen molar-refractivity contribution >= 4 is 16.9 Å². The summed E-state index contributed by atoms with van der Waals surface area (Å²) >= 11 is 0. The molecule has 0 spiro atoms. The lowest BCUT2D eigenvalue weighted by molar-refractivity contribution is 0.0530. The van der Waals surface area contributed by atoms with Crippen molar-refractivity contribution in [3.8, 4) is 0 Å². The van der Waals surface area contributed by atoms with Gasteiger partial charge >= 0.3 is 0 Å². The van der Waals surface area contributed by atoms with Gasteiger partial charge in [0.15, 0.2) is 0 Å². The van der Waals surface area contributed by atoms with E-state index in [2.05, 4.69) is 14.9 Å². The molecule has 0 aliphatic carbocycles. The summed E-state index contributed by atoms with van der Waals surface area (Å²) in [7, 11) is 0. The number of benzene rings is 1. The Labute approximate surface area is 129 Å². The van der Waals surface area contributed by atoms with E-state index in [4.69, 9.17) is 4.74 Å². The van der Waals surface area contributed by atoms with Gasteiger partial charge in [-0.3, -0.25) is 9.78 Å². The van der Waals surface area contributed by atoms with Crippen molar-refractivity contribution in [2.45, 2.75) is 31.8 Å². The topological polar surface area (TPSA) is 58.2 Å². The van der Waals surface area contributed by atoms with E-state index in [1.165, 1.54) is 12.8 Å². The molecule has 3 heterocycles. The molecule has 116 valence electrons. The molecule has 2 fully saturated rings. The van der Waals surface area contributed by atoms with Crippen LogP contribution in [0.15, 0.2) is 29.1 Å². The second kappa shape index (κ2) is 5.72. The monoisotopic (exact) mass is 299 g/mol. The lowest BCUT2D eigenvalue weighted by Gasteiger charge is -2.34. The molecule has 4 rings (SSSR count). The van der Waals surface area contributed by atoms with Crippen molar-refractivity contribution in [1.29, 1.82) is 0 Å². The number of aromatic amines is 1. The minimum absolute atomic E-state index is 0.0538. The van der Waals surface area contributed by atoms with Gasteiger partial charge in [0.05, 0.1) is 17.0 Å². The predicted molar refractivity (Wildman–Crippen MR) is 86.3 cm³/mol. The highest BCUT2D eigenvalue weighted by atomic mass is 16.5. The number of H-pyrrole nitrogens is 1. The molecule has 5 nitrogen and oxygen atoms in total. The fourth-order valence-electron chi connectivity index (χ4n) is 3.68. The van der Waals surface area contributed by atoms with Crippen molar-refractivity contribution in [3.63, 3.8) is 0 Å². The normalized spacial score (nSPS) is 23.3. The maximum absolute atomic E-state index is 12.2. The van der Waals surface area contributed by atoms with Crippen LogP contribution in [0, 0.1) is 5.92 Å². The van der Waals surface area contributed by atoms with Gasteiger partial charge in [-0.25, -0.2) is 4.98 Å². The number of nitrogens with zero attached hydrogens (tertiary/aromatic N) is 2. The molecule has 2 aliphatic heterocycles. The number of piperidine rings is 1.